The minimum atomic E-state index is -0.452. The molecule has 4 nitrogen and oxygen atoms in total. The number of nitriles is 1. The molecule has 1 aromatic heterocycles. The zero-order chi connectivity index (χ0) is 14.5. The second kappa shape index (κ2) is 4.11. The molecule has 0 saturated carbocycles. The molecule has 0 unspecified atom stereocenters. The van der Waals surface area contributed by atoms with Gasteiger partial charge in [-0.05, 0) is 56.7 Å². The number of hydrogen-bond acceptors (Lipinski definition) is 3. The summed E-state index contributed by atoms with van der Waals surface area (Å²) in [5.41, 5.74) is 1.66. The topological polar surface area (TPSA) is 58.0 Å². The van der Waals surface area contributed by atoms with Crippen molar-refractivity contribution in [3.05, 3.63) is 30.0 Å². The van der Waals surface area contributed by atoms with Crippen LogP contribution in [0.25, 0.3) is 10.9 Å². The Morgan fingerprint density at radius 1 is 1.15 bits per heavy atom. The van der Waals surface area contributed by atoms with Crippen molar-refractivity contribution < 1.29 is 9.31 Å². The molecule has 0 radical (unpaired) electrons. The fourth-order valence-electron chi connectivity index (χ4n) is 2.43. The van der Waals surface area contributed by atoms with Crippen LogP contribution in [0.2, 0.25) is 0 Å². The summed E-state index contributed by atoms with van der Waals surface area (Å²) in [6.07, 6.45) is 1.86. The number of H-pyrrole nitrogens is 1. The van der Waals surface area contributed by atoms with Crippen molar-refractivity contribution >= 4 is 23.5 Å². The van der Waals surface area contributed by atoms with Crippen LogP contribution in [0.1, 0.15) is 33.3 Å². The lowest BCUT2D eigenvalue weighted by Crippen LogP contribution is -2.41. The third-order valence-electron chi connectivity index (χ3n) is 4.34. The summed E-state index contributed by atoms with van der Waals surface area (Å²) in [5, 5.41) is 10.2. The zero-order valence-electron chi connectivity index (χ0n) is 12.2. The SMILES string of the molecule is CC1(C)OB(c2cc(C#N)cc3[nH]ccc23)OC1(C)C. The number of rotatable bonds is 1. The molecule has 0 bridgehead atoms. The Bertz CT molecular complexity index is 696. The van der Waals surface area contributed by atoms with E-state index < -0.39 is 7.12 Å². The Morgan fingerprint density at radius 3 is 2.40 bits per heavy atom. The van der Waals surface area contributed by atoms with Crippen molar-refractivity contribution in [3.8, 4) is 6.07 Å². The fourth-order valence-corrected chi connectivity index (χ4v) is 2.43. The van der Waals surface area contributed by atoms with E-state index in [1.54, 1.807) is 0 Å². The maximum absolute atomic E-state index is 9.16. The van der Waals surface area contributed by atoms with Crippen LogP contribution in [0, 0.1) is 11.3 Å². The smallest absolute Gasteiger partial charge is 0.399 e. The van der Waals surface area contributed by atoms with E-state index in [0.29, 0.717) is 5.56 Å². The molecular weight excluding hydrogens is 251 g/mol. The van der Waals surface area contributed by atoms with Gasteiger partial charge in [0.15, 0.2) is 0 Å². The van der Waals surface area contributed by atoms with Crippen LogP contribution in [0.4, 0.5) is 0 Å². The van der Waals surface area contributed by atoms with Gasteiger partial charge in [0, 0.05) is 11.7 Å². The number of fused-ring (bicyclic) bond motifs is 1. The van der Waals surface area contributed by atoms with Crippen molar-refractivity contribution in [1.82, 2.24) is 4.98 Å². The lowest BCUT2D eigenvalue weighted by molar-refractivity contribution is 0.00578. The van der Waals surface area contributed by atoms with Crippen LogP contribution in [-0.2, 0) is 9.31 Å². The van der Waals surface area contributed by atoms with Crippen molar-refractivity contribution in [2.45, 2.75) is 38.9 Å². The van der Waals surface area contributed by atoms with Crippen molar-refractivity contribution in [3.63, 3.8) is 0 Å². The maximum atomic E-state index is 9.16. The molecule has 0 spiro atoms. The van der Waals surface area contributed by atoms with Gasteiger partial charge >= 0.3 is 7.12 Å². The van der Waals surface area contributed by atoms with Gasteiger partial charge in [-0.1, -0.05) is 0 Å². The van der Waals surface area contributed by atoms with Gasteiger partial charge in [0.1, 0.15) is 0 Å². The number of hydrogen-bond donors (Lipinski definition) is 1. The van der Waals surface area contributed by atoms with E-state index in [-0.39, 0.29) is 11.2 Å². The third kappa shape index (κ3) is 1.84. The molecule has 2 aromatic rings. The van der Waals surface area contributed by atoms with Gasteiger partial charge in [-0.25, -0.2) is 0 Å². The Morgan fingerprint density at radius 2 is 1.80 bits per heavy atom. The molecule has 20 heavy (non-hydrogen) atoms. The van der Waals surface area contributed by atoms with E-state index in [9.17, 15) is 0 Å². The summed E-state index contributed by atoms with van der Waals surface area (Å²) in [7, 11) is -0.452. The van der Waals surface area contributed by atoms with Gasteiger partial charge in [0.25, 0.3) is 0 Å². The normalized spacial score (nSPS) is 20.2. The molecule has 1 aliphatic rings. The Labute approximate surface area is 118 Å². The van der Waals surface area contributed by atoms with Gasteiger partial charge in [-0.2, -0.15) is 5.26 Å². The average Bonchev–Trinajstić information content (AvgIpc) is 2.90. The number of aromatic amines is 1. The first-order valence-electron chi connectivity index (χ1n) is 6.71. The molecular formula is C15H17BN2O2. The van der Waals surface area contributed by atoms with Gasteiger partial charge in [-0.3, -0.25) is 0 Å². The second-order valence-corrected chi connectivity index (χ2v) is 6.20. The molecule has 0 aliphatic carbocycles. The van der Waals surface area contributed by atoms with Crippen molar-refractivity contribution in [2.75, 3.05) is 0 Å². The Kier molecular flexibility index (Phi) is 2.72. The second-order valence-electron chi connectivity index (χ2n) is 6.20. The zero-order valence-corrected chi connectivity index (χ0v) is 12.2. The molecule has 102 valence electrons. The summed E-state index contributed by atoms with van der Waals surface area (Å²) >= 11 is 0. The molecule has 3 rings (SSSR count). The summed E-state index contributed by atoms with van der Waals surface area (Å²) in [6.45, 7) is 8.09. The number of nitrogens with one attached hydrogen (secondary N) is 1. The Balaban J connectivity index is 2.12. The molecule has 2 heterocycles. The first-order chi connectivity index (χ1) is 9.34. The summed E-state index contributed by atoms with van der Waals surface area (Å²) in [6, 6.07) is 7.85. The average molecular weight is 268 g/mol. The molecule has 0 amide bonds. The van der Waals surface area contributed by atoms with E-state index in [1.807, 2.05) is 52.1 Å². The summed E-state index contributed by atoms with van der Waals surface area (Å²) in [5.74, 6) is 0. The van der Waals surface area contributed by atoms with Gasteiger partial charge in [-0.15, -0.1) is 0 Å². The predicted octanol–water partition coefficient (Wildman–Crippen LogP) is 2.34. The lowest BCUT2D eigenvalue weighted by Gasteiger charge is -2.32. The van der Waals surface area contributed by atoms with E-state index in [4.69, 9.17) is 14.6 Å². The largest absolute Gasteiger partial charge is 0.495 e. The fraction of sp³-hybridized carbons (Fsp3) is 0.400. The first kappa shape index (κ1) is 13.2. The highest BCUT2D eigenvalue weighted by molar-refractivity contribution is 6.65. The quantitative estimate of drug-likeness (QED) is 0.807. The third-order valence-corrected chi connectivity index (χ3v) is 4.34. The molecule has 1 fully saturated rings. The highest BCUT2D eigenvalue weighted by atomic mass is 16.7. The van der Waals surface area contributed by atoms with Crippen molar-refractivity contribution in [2.24, 2.45) is 0 Å². The summed E-state index contributed by atoms with van der Waals surface area (Å²) in [4.78, 5) is 3.14. The Hall–Kier alpha value is -1.77. The maximum Gasteiger partial charge on any atom is 0.495 e. The van der Waals surface area contributed by atoms with Crippen LogP contribution in [-0.4, -0.2) is 23.3 Å². The van der Waals surface area contributed by atoms with Gasteiger partial charge in [0.05, 0.1) is 22.8 Å². The highest BCUT2D eigenvalue weighted by Gasteiger charge is 2.52. The molecule has 5 heteroatoms. The van der Waals surface area contributed by atoms with Crippen LogP contribution >= 0.6 is 0 Å². The van der Waals surface area contributed by atoms with E-state index in [1.165, 1.54) is 0 Å². The van der Waals surface area contributed by atoms with Gasteiger partial charge < -0.3 is 14.3 Å². The molecule has 1 saturated heterocycles. The monoisotopic (exact) mass is 268 g/mol. The minimum absolute atomic E-state index is 0.386. The first-order valence-corrected chi connectivity index (χ1v) is 6.71. The molecule has 1 N–H and O–H groups in total. The number of aromatic nitrogens is 1. The van der Waals surface area contributed by atoms with Gasteiger partial charge in [0.2, 0.25) is 0 Å². The summed E-state index contributed by atoms with van der Waals surface area (Å²) < 4.78 is 12.2. The van der Waals surface area contributed by atoms with E-state index in [2.05, 4.69) is 11.1 Å². The highest BCUT2D eigenvalue weighted by Crippen LogP contribution is 2.37. The van der Waals surface area contributed by atoms with E-state index in [0.717, 1.165) is 16.4 Å². The van der Waals surface area contributed by atoms with Crippen molar-refractivity contribution in [1.29, 1.82) is 5.26 Å². The molecule has 0 atom stereocenters. The van der Waals surface area contributed by atoms with Crippen LogP contribution in [0.5, 0.6) is 0 Å². The predicted molar refractivity (Wildman–Crippen MR) is 78.7 cm³/mol. The van der Waals surface area contributed by atoms with Crippen LogP contribution < -0.4 is 5.46 Å². The standard InChI is InChI=1S/C15H17BN2O2/c1-14(2)15(3,4)20-16(19-14)12-7-10(9-17)8-13-11(12)5-6-18-13/h5-8,18H,1-4H3. The van der Waals surface area contributed by atoms with E-state index >= 15 is 0 Å². The number of nitrogens with zero attached hydrogens (tertiary/aromatic N) is 1. The lowest BCUT2D eigenvalue weighted by atomic mass is 9.76. The van der Waals surface area contributed by atoms with Crippen LogP contribution in [0.3, 0.4) is 0 Å². The number of benzene rings is 1. The molecule has 1 aliphatic heterocycles. The minimum Gasteiger partial charge on any atom is -0.399 e. The molecule has 1 aromatic carbocycles. The van der Waals surface area contributed by atoms with Crippen LogP contribution in [0.15, 0.2) is 24.4 Å².